The minimum atomic E-state index is 0.100. The van der Waals surface area contributed by atoms with Gasteiger partial charge in [0.1, 0.15) is 5.75 Å². The Bertz CT molecular complexity index is 308. The number of anilines is 1. The van der Waals surface area contributed by atoms with Crippen LogP contribution < -0.4 is 10.5 Å². The van der Waals surface area contributed by atoms with Gasteiger partial charge in [-0.25, -0.2) is 0 Å². The van der Waals surface area contributed by atoms with Crippen molar-refractivity contribution in [2.75, 3.05) is 5.73 Å². The summed E-state index contributed by atoms with van der Waals surface area (Å²) in [7, 11) is 0. The molecule has 1 aromatic rings. The third kappa shape index (κ3) is 2.21. The lowest BCUT2D eigenvalue weighted by Crippen LogP contribution is -2.08. The molecule has 1 rings (SSSR count). The zero-order chi connectivity index (χ0) is 9.84. The van der Waals surface area contributed by atoms with Gasteiger partial charge in [0.15, 0.2) is 0 Å². The van der Waals surface area contributed by atoms with E-state index in [1.54, 1.807) is 6.07 Å². The van der Waals surface area contributed by atoms with Crippen LogP contribution in [-0.2, 0) is 0 Å². The van der Waals surface area contributed by atoms with Gasteiger partial charge in [0.05, 0.1) is 11.8 Å². The van der Waals surface area contributed by atoms with E-state index < -0.39 is 0 Å². The summed E-state index contributed by atoms with van der Waals surface area (Å²) in [6.45, 7) is 3.88. The standard InChI is InChI=1S/C10H14N2O/c1-7(2)13-9-5-3-4-8(6-11)10(9)12/h3-7,11H,12H2,1-2H3. The molecule has 0 saturated heterocycles. The average Bonchev–Trinajstić information content (AvgIpc) is 2.08. The summed E-state index contributed by atoms with van der Waals surface area (Å²) in [6, 6.07) is 5.42. The maximum atomic E-state index is 7.10. The number of hydrogen-bond acceptors (Lipinski definition) is 3. The molecule has 0 bridgehead atoms. The highest BCUT2D eigenvalue weighted by molar-refractivity contribution is 5.87. The molecule has 0 heterocycles. The van der Waals surface area contributed by atoms with Gasteiger partial charge in [0, 0.05) is 11.8 Å². The Hall–Kier alpha value is -1.51. The summed E-state index contributed by atoms with van der Waals surface area (Å²) >= 11 is 0. The molecule has 0 aliphatic heterocycles. The molecule has 0 amide bonds. The molecular formula is C10H14N2O. The lowest BCUT2D eigenvalue weighted by molar-refractivity contribution is 0.244. The summed E-state index contributed by atoms with van der Waals surface area (Å²) in [5.74, 6) is 0.649. The minimum absolute atomic E-state index is 0.100. The summed E-state index contributed by atoms with van der Waals surface area (Å²) in [6.07, 6.45) is 1.32. The van der Waals surface area contributed by atoms with Crippen molar-refractivity contribution in [2.45, 2.75) is 20.0 Å². The maximum Gasteiger partial charge on any atom is 0.143 e. The normalized spacial score (nSPS) is 10.1. The number of para-hydroxylation sites is 1. The van der Waals surface area contributed by atoms with Gasteiger partial charge in [-0.15, -0.1) is 0 Å². The van der Waals surface area contributed by atoms with E-state index in [2.05, 4.69) is 0 Å². The Kier molecular flexibility index (Phi) is 2.90. The highest BCUT2D eigenvalue weighted by atomic mass is 16.5. The van der Waals surface area contributed by atoms with Crippen molar-refractivity contribution in [1.29, 1.82) is 5.41 Å². The van der Waals surface area contributed by atoms with Gasteiger partial charge in [-0.2, -0.15) is 0 Å². The van der Waals surface area contributed by atoms with E-state index in [0.717, 1.165) is 0 Å². The molecule has 0 spiro atoms. The Labute approximate surface area is 78.0 Å². The molecule has 3 N–H and O–H groups in total. The summed E-state index contributed by atoms with van der Waals surface area (Å²) in [4.78, 5) is 0. The Morgan fingerprint density at radius 1 is 1.46 bits per heavy atom. The first kappa shape index (κ1) is 9.58. The average molecular weight is 178 g/mol. The quantitative estimate of drug-likeness (QED) is 0.549. The van der Waals surface area contributed by atoms with Crippen LogP contribution in [0.5, 0.6) is 5.75 Å². The van der Waals surface area contributed by atoms with Crippen LogP contribution in [-0.4, -0.2) is 12.3 Å². The predicted molar refractivity (Wildman–Crippen MR) is 54.5 cm³/mol. The van der Waals surface area contributed by atoms with Crippen molar-refractivity contribution in [3.05, 3.63) is 23.8 Å². The van der Waals surface area contributed by atoms with E-state index in [0.29, 0.717) is 17.0 Å². The summed E-state index contributed by atoms with van der Waals surface area (Å²) < 4.78 is 5.46. The third-order valence-electron chi connectivity index (χ3n) is 1.62. The lowest BCUT2D eigenvalue weighted by atomic mass is 10.2. The number of benzene rings is 1. The molecule has 0 aliphatic carbocycles. The first-order valence-corrected chi connectivity index (χ1v) is 4.20. The molecule has 0 unspecified atom stereocenters. The Morgan fingerprint density at radius 2 is 2.15 bits per heavy atom. The number of nitrogens with two attached hydrogens (primary N) is 1. The van der Waals surface area contributed by atoms with Crippen molar-refractivity contribution in [1.82, 2.24) is 0 Å². The van der Waals surface area contributed by atoms with Gasteiger partial charge in [-0.3, -0.25) is 0 Å². The van der Waals surface area contributed by atoms with Gasteiger partial charge >= 0.3 is 0 Å². The second-order valence-electron chi connectivity index (χ2n) is 3.07. The SMILES string of the molecule is CC(C)Oc1cccc(C=N)c1N. The predicted octanol–water partition coefficient (Wildman–Crippen LogP) is 2.05. The van der Waals surface area contributed by atoms with Crippen LogP contribution in [0.1, 0.15) is 19.4 Å². The first-order chi connectivity index (χ1) is 6.15. The molecule has 3 nitrogen and oxygen atoms in total. The van der Waals surface area contributed by atoms with Crippen LogP contribution in [0, 0.1) is 5.41 Å². The van der Waals surface area contributed by atoms with Crippen LogP contribution in [0.15, 0.2) is 18.2 Å². The number of hydrogen-bond donors (Lipinski definition) is 2. The van der Waals surface area contributed by atoms with Crippen LogP contribution >= 0.6 is 0 Å². The topological polar surface area (TPSA) is 59.1 Å². The zero-order valence-corrected chi connectivity index (χ0v) is 7.87. The Balaban J connectivity index is 3.01. The first-order valence-electron chi connectivity index (χ1n) is 4.20. The molecule has 0 aliphatic rings. The summed E-state index contributed by atoms with van der Waals surface area (Å²) in [5, 5.41) is 7.10. The van der Waals surface area contributed by atoms with Gasteiger partial charge in [-0.1, -0.05) is 12.1 Å². The van der Waals surface area contributed by atoms with E-state index in [-0.39, 0.29) is 6.10 Å². The van der Waals surface area contributed by atoms with E-state index in [9.17, 15) is 0 Å². The maximum absolute atomic E-state index is 7.10. The molecule has 13 heavy (non-hydrogen) atoms. The fraction of sp³-hybridized carbons (Fsp3) is 0.300. The van der Waals surface area contributed by atoms with Crippen molar-refractivity contribution in [3.63, 3.8) is 0 Å². The smallest absolute Gasteiger partial charge is 0.143 e. The monoisotopic (exact) mass is 178 g/mol. The highest BCUT2D eigenvalue weighted by Gasteiger charge is 2.04. The van der Waals surface area contributed by atoms with Crippen LogP contribution in [0.2, 0.25) is 0 Å². The Morgan fingerprint density at radius 3 is 2.69 bits per heavy atom. The van der Waals surface area contributed by atoms with Gasteiger partial charge in [0.25, 0.3) is 0 Å². The molecule has 70 valence electrons. The van der Waals surface area contributed by atoms with Crippen molar-refractivity contribution >= 4 is 11.9 Å². The van der Waals surface area contributed by atoms with Crippen molar-refractivity contribution < 1.29 is 4.74 Å². The molecule has 0 saturated carbocycles. The van der Waals surface area contributed by atoms with E-state index in [1.165, 1.54) is 6.21 Å². The van der Waals surface area contributed by atoms with Crippen molar-refractivity contribution in [3.8, 4) is 5.75 Å². The van der Waals surface area contributed by atoms with Crippen LogP contribution in [0.4, 0.5) is 5.69 Å². The number of nitrogen functional groups attached to an aromatic ring is 1. The van der Waals surface area contributed by atoms with E-state index in [4.69, 9.17) is 15.9 Å². The largest absolute Gasteiger partial charge is 0.489 e. The highest BCUT2D eigenvalue weighted by Crippen LogP contribution is 2.24. The van der Waals surface area contributed by atoms with Crippen LogP contribution in [0.3, 0.4) is 0 Å². The fourth-order valence-electron chi connectivity index (χ4n) is 1.04. The van der Waals surface area contributed by atoms with E-state index in [1.807, 2.05) is 26.0 Å². The number of rotatable bonds is 3. The molecule has 1 aromatic carbocycles. The molecule has 0 fully saturated rings. The van der Waals surface area contributed by atoms with Crippen LogP contribution in [0.25, 0.3) is 0 Å². The van der Waals surface area contributed by atoms with Gasteiger partial charge in [-0.05, 0) is 19.9 Å². The molecule has 3 heteroatoms. The fourth-order valence-corrected chi connectivity index (χ4v) is 1.04. The second-order valence-corrected chi connectivity index (χ2v) is 3.07. The van der Waals surface area contributed by atoms with E-state index >= 15 is 0 Å². The number of ether oxygens (including phenoxy) is 1. The zero-order valence-electron chi connectivity index (χ0n) is 7.87. The second kappa shape index (κ2) is 3.94. The molecule has 0 radical (unpaired) electrons. The molecule has 0 atom stereocenters. The van der Waals surface area contributed by atoms with Gasteiger partial charge < -0.3 is 15.9 Å². The van der Waals surface area contributed by atoms with Crippen molar-refractivity contribution in [2.24, 2.45) is 0 Å². The number of nitrogens with one attached hydrogen (secondary N) is 1. The minimum Gasteiger partial charge on any atom is -0.489 e. The molecular weight excluding hydrogens is 164 g/mol. The third-order valence-corrected chi connectivity index (χ3v) is 1.62. The summed E-state index contributed by atoms with van der Waals surface area (Å²) in [5.41, 5.74) is 6.99. The van der Waals surface area contributed by atoms with Gasteiger partial charge in [0.2, 0.25) is 0 Å². The lowest BCUT2D eigenvalue weighted by Gasteiger charge is -2.12. The molecule has 0 aromatic heterocycles.